The van der Waals surface area contributed by atoms with Crippen LogP contribution in [0.3, 0.4) is 0 Å². The van der Waals surface area contributed by atoms with E-state index in [0.717, 1.165) is 37.5 Å². The molecule has 0 unspecified atom stereocenters. The Kier molecular flexibility index (Phi) is 4.62. The summed E-state index contributed by atoms with van der Waals surface area (Å²) in [6.45, 7) is 4.86. The molecular weight excluding hydrogens is 178 g/mol. The molecule has 0 atom stereocenters. The average molecular weight is 197 g/mol. The lowest BCUT2D eigenvalue weighted by molar-refractivity contribution is 0.390. The molecule has 0 radical (unpaired) electrons. The van der Waals surface area contributed by atoms with Gasteiger partial charge in [0.25, 0.3) is 0 Å². The van der Waals surface area contributed by atoms with Gasteiger partial charge in [0.15, 0.2) is 6.39 Å². The number of aromatic nitrogens is 1. The minimum atomic E-state index is 0.777. The van der Waals surface area contributed by atoms with Crippen molar-refractivity contribution in [2.24, 2.45) is 0 Å². The van der Waals surface area contributed by atoms with Gasteiger partial charge in [-0.15, -0.1) is 0 Å². The van der Waals surface area contributed by atoms with Crippen LogP contribution in [0.15, 0.2) is 10.8 Å². The Morgan fingerprint density at radius 1 is 1.50 bits per heavy atom. The van der Waals surface area contributed by atoms with Crippen molar-refractivity contribution in [3.63, 3.8) is 0 Å². The first-order valence-corrected chi connectivity index (χ1v) is 4.94. The van der Waals surface area contributed by atoms with Gasteiger partial charge in [0.05, 0.1) is 12.2 Å². The number of rotatable bonds is 6. The van der Waals surface area contributed by atoms with E-state index in [1.54, 1.807) is 0 Å². The summed E-state index contributed by atoms with van der Waals surface area (Å²) in [6, 6.07) is 0. The minimum Gasteiger partial charge on any atom is -0.447 e. The molecule has 4 nitrogen and oxygen atoms in total. The maximum atomic E-state index is 5.21. The monoisotopic (exact) mass is 197 g/mol. The summed E-state index contributed by atoms with van der Waals surface area (Å²) in [7, 11) is 4.17. The number of aryl methyl sites for hydroxylation is 1. The quantitative estimate of drug-likeness (QED) is 0.691. The molecule has 0 aliphatic carbocycles. The molecule has 1 aromatic heterocycles. The summed E-state index contributed by atoms with van der Waals surface area (Å²) in [5.74, 6) is 0.940. The summed E-state index contributed by atoms with van der Waals surface area (Å²) in [5, 5.41) is 3.32. The second-order valence-electron chi connectivity index (χ2n) is 3.69. The van der Waals surface area contributed by atoms with E-state index in [0.29, 0.717) is 0 Å². The van der Waals surface area contributed by atoms with Crippen LogP contribution in [0.4, 0.5) is 0 Å². The Labute approximate surface area is 85.3 Å². The third kappa shape index (κ3) is 3.89. The number of hydrogen-bond donors (Lipinski definition) is 1. The van der Waals surface area contributed by atoms with E-state index in [2.05, 4.69) is 29.3 Å². The highest BCUT2D eigenvalue weighted by Crippen LogP contribution is 2.03. The van der Waals surface area contributed by atoms with Gasteiger partial charge in [0.1, 0.15) is 5.76 Å². The van der Waals surface area contributed by atoms with Gasteiger partial charge in [-0.2, -0.15) is 0 Å². The van der Waals surface area contributed by atoms with Crippen molar-refractivity contribution in [1.82, 2.24) is 15.2 Å². The number of nitrogens with one attached hydrogen (secondary N) is 1. The van der Waals surface area contributed by atoms with Gasteiger partial charge in [-0.25, -0.2) is 4.98 Å². The SMILES string of the molecule is Cc1ncoc1CNCCCN(C)C. The van der Waals surface area contributed by atoms with E-state index < -0.39 is 0 Å². The smallest absolute Gasteiger partial charge is 0.181 e. The van der Waals surface area contributed by atoms with Crippen LogP contribution in [-0.4, -0.2) is 37.1 Å². The van der Waals surface area contributed by atoms with Crippen molar-refractivity contribution in [3.8, 4) is 0 Å². The van der Waals surface area contributed by atoms with Gasteiger partial charge in [-0.1, -0.05) is 0 Å². The van der Waals surface area contributed by atoms with Gasteiger partial charge in [0, 0.05) is 0 Å². The lowest BCUT2D eigenvalue weighted by atomic mass is 10.3. The Morgan fingerprint density at radius 2 is 2.29 bits per heavy atom. The number of hydrogen-bond acceptors (Lipinski definition) is 4. The fraction of sp³-hybridized carbons (Fsp3) is 0.700. The first-order chi connectivity index (χ1) is 6.70. The summed E-state index contributed by atoms with van der Waals surface area (Å²) < 4.78 is 5.21. The lowest BCUT2D eigenvalue weighted by Crippen LogP contribution is -2.21. The summed E-state index contributed by atoms with van der Waals surface area (Å²) in [6.07, 6.45) is 2.65. The van der Waals surface area contributed by atoms with Crippen LogP contribution in [0, 0.1) is 6.92 Å². The highest BCUT2D eigenvalue weighted by atomic mass is 16.3. The predicted molar refractivity (Wildman–Crippen MR) is 56.1 cm³/mol. The molecule has 0 saturated heterocycles. The van der Waals surface area contributed by atoms with E-state index in [1.165, 1.54) is 6.39 Å². The van der Waals surface area contributed by atoms with Gasteiger partial charge in [-0.05, 0) is 40.5 Å². The largest absolute Gasteiger partial charge is 0.447 e. The van der Waals surface area contributed by atoms with E-state index in [9.17, 15) is 0 Å². The third-order valence-corrected chi connectivity index (χ3v) is 2.09. The van der Waals surface area contributed by atoms with E-state index in [4.69, 9.17) is 4.42 Å². The molecule has 0 aliphatic rings. The zero-order valence-electron chi connectivity index (χ0n) is 9.21. The van der Waals surface area contributed by atoms with Gasteiger partial charge < -0.3 is 14.6 Å². The molecular formula is C10H19N3O. The van der Waals surface area contributed by atoms with Crippen LogP contribution >= 0.6 is 0 Å². The van der Waals surface area contributed by atoms with Gasteiger partial charge >= 0.3 is 0 Å². The second-order valence-corrected chi connectivity index (χ2v) is 3.69. The lowest BCUT2D eigenvalue weighted by Gasteiger charge is -2.09. The van der Waals surface area contributed by atoms with E-state index in [-0.39, 0.29) is 0 Å². The molecule has 0 fully saturated rings. The number of nitrogens with zero attached hydrogens (tertiary/aromatic N) is 2. The zero-order chi connectivity index (χ0) is 10.4. The number of oxazole rings is 1. The summed E-state index contributed by atoms with van der Waals surface area (Å²) in [4.78, 5) is 6.21. The van der Waals surface area contributed by atoms with Gasteiger partial charge in [0.2, 0.25) is 0 Å². The van der Waals surface area contributed by atoms with Crippen molar-refractivity contribution in [2.75, 3.05) is 27.2 Å². The first kappa shape index (κ1) is 11.2. The van der Waals surface area contributed by atoms with Crippen LogP contribution < -0.4 is 5.32 Å². The topological polar surface area (TPSA) is 41.3 Å². The molecule has 14 heavy (non-hydrogen) atoms. The summed E-state index contributed by atoms with van der Waals surface area (Å²) in [5.41, 5.74) is 0.977. The molecule has 80 valence electrons. The maximum Gasteiger partial charge on any atom is 0.181 e. The van der Waals surface area contributed by atoms with Crippen molar-refractivity contribution in [3.05, 3.63) is 17.8 Å². The van der Waals surface area contributed by atoms with Crippen LogP contribution in [0.1, 0.15) is 17.9 Å². The molecule has 0 aliphatic heterocycles. The Balaban J connectivity index is 2.08. The van der Waals surface area contributed by atoms with Crippen molar-refractivity contribution >= 4 is 0 Å². The van der Waals surface area contributed by atoms with Crippen LogP contribution in [0.5, 0.6) is 0 Å². The van der Waals surface area contributed by atoms with Crippen molar-refractivity contribution in [2.45, 2.75) is 19.9 Å². The fourth-order valence-corrected chi connectivity index (χ4v) is 1.22. The van der Waals surface area contributed by atoms with Crippen molar-refractivity contribution in [1.29, 1.82) is 0 Å². The first-order valence-electron chi connectivity index (χ1n) is 4.94. The molecule has 1 aromatic rings. The normalized spacial score (nSPS) is 11.1. The second kappa shape index (κ2) is 5.78. The fourth-order valence-electron chi connectivity index (χ4n) is 1.22. The highest BCUT2D eigenvalue weighted by molar-refractivity contribution is 5.03. The molecule has 0 spiro atoms. The summed E-state index contributed by atoms with van der Waals surface area (Å²) >= 11 is 0. The van der Waals surface area contributed by atoms with E-state index in [1.807, 2.05) is 6.92 Å². The predicted octanol–water partition coefficient (Wildman–Crippen LogP) is 1.02. The zero-order valence-corrected chi connectivity index (χ0v) is 9.21. The molecule has 0 saturated carbocycles. The molecule has 4 heteroatoms. The molecule has 1 N–H and O–H groups in total. The third-order valence-electron chi connectivity index (χ3n) is 2.09. The Bertz CT molecular complexity index is 258. The van der Waals surface area contributed by atoms with Crippen LogP contribution in [-0.2, 0) is 6.54 Å². The van der Waals surface area contributed by atoms with E-state index >= 15 is 0 Å². The van der Waals surface area contributed by atoms with Crippen LogP contribution in [0.25, 0.3) is 0 Å². The maximum absolute atomic E-state index is 5.21. The molecule has 0 amide bonds. The standard InChI is InChI=1S/C10H19N3O/c1-9-10(14-8-12-9)7-11-5-4-6-13(2)3/h8,11H,4-7H2,1-3H3. The Morgan fingerprint density at radius 3 is 2.86 bits per heavy atom. The average Bonchev–Trinajstić information content (AvgIpc) is 2.51. The van der Waals surface area contributed by atoms with Gasteiger partial charge in [-0.3, -0.25) is 0 Å². The molecule has 0 bridgehead atoms. The van der Waals surface area contributed by atoms with Crippen LogP contribution in [0.2, 0.25) is 0 Å². The Hall–Kier alpha value is -0.870. The highest BCUT2D eigenvalue weighted by Gasteiger charge is 2.01. The molecule has 0 aromatic carbocycles. The molecule has 1 heterocycles. The van der Waals surface area contributed by atoms with Crippen molar-refractivity contribution < 1.29 is 4.42 Å². The minimum absolute atomic E-state index is 0.777. The molecule has 1 rings (SSSR count).